The Labute approximate surface area is 133 Å². The number of pyridine rings is 1. The van der Waals surface area contributed by atoms with Crippen LogP contribution in [0.15, 0.2) is 30.7 Å². The average molecular weight is 317 g/mol. The summed E-state index contributed by atoms with van der Waals surface area (Å²) in [6, 6.07) is 5.58. The number of nitrogens with zero attached hydrogens (tertiary/aromatic N) is 5. The molecule has 0 aliphatic rings. The lowest BCUT2D eigenvalue weighted by atomic mass is 9.92. The summed E-state index contributed by atoms with van der Waals surface area (Å²) < 4.78 is 1.86. The number of hydrogen-bond acceptors (Lipinski definition) is 5. The van der Waals surface area contributed by atoms with Crippen LogP contribution in [-0.4, -0.2) is 24.6 Å². The highest BCUT2D eigenvalue weighted by molar-refractivity contribution is 6.30. The molecule has 3 aromatic heterocycles. The number of anilines is 1. The highest BCUT2D eigenvalue weighted by Gasteiger charge is 2.16. The topological polar surface area (TPSA) is 68.0 Å². The predicted octanol–water partition coefficient (Wildman–Crippen LogP) is 3.08. The third-order valence-electron chi connectivity index (χ3n) is 3.30. The molecule has 22 heavy (non-hydrogen) atoms. The second-order valence-corrected chi connectivity index (χ2v) is 6.52. The van der Waals surface area contributed by atoms with Gasteiger partial charge in [-0.3, -0.25) is 4.40 Å². The van der Waals surface area contributed by atoms with E-state index in [0.717, 1.165) is 23.0 Å². The molecule has 0 aromatic carbocycles. The van der Waals surface area contributed by atoms with Crippen molar-refractivity contribution in [3.05, 3.63) is 47.3 Å². The lowest BCUT2D eigenvalue weighted by Gasteiger charge is -2.17. The van der Waals surface area contributed by atoms with Crippen LogP contribution < -0.4 is 5.32 Å². The molecule has 0 radical (unpaired) electrons. The predicted molar refractivity (Wildman–Crippen MR) is 86.1 cm³/mol. The summed E-state index contributed by atoms with van der Waals surface area (Å²) >= 11 is 6.02. The summed E-state index contributed by atoms with van der Waals surface area (Å²) in [7, 11) is 0. The zero-order valence-electron chi connectivity index (χ0n) is 12.7. The minimum absolute atomic E-state index is 0.0194. The lowest BCUT2D eigenvalue weighted by molar-refractivity contribution is 0.567. The van der Waals surface area contributed by atoms with E-state index in [-0.39, 0.29) is 5.41 Å². The molecular weight excluding hydrogens is 300 g/mol. The molecule has 3 aromatic rings. The van der Waals surface area contributed by atoms with Crippen molar-refractivity contribution in [3.8, 4) is 0 Å². The minimum Gasteiger partial charge on any atom is -0.363 e. The van der Waals surface area contributed by atoms with Gasteiger partial charge >= 0.3 is 0 Å². The van der Waals surface area contributed by atoms with Crippen LogP contribution >= 0.6 is 11.6 Å². The van der Waals surface area contributed by atoms with Gasteiger partial charge in [0.1, 0.15) is 12.1 Å². The molecule has 0 aliphatic heterocycles. The third-order valence-corrected chi connectivity index (χ3v) is 3.52. The van der Waals surface area contributed by atoms with Crippen LogP contribution in [0.4, 0.5) is 5.82 Å². The van der Waals surface area contributed by atoms with Crippen molar-refractivity contribution in [1.29, 1.82) is 0 Å². The van der Waals surface area contributed by atoms with Crippen LogP contribution in [0, 0.1) is 0 Å². The van der Waals surface area contributed by atoms with Crippen molar-refractivity contribution < 1.29 is 0 Å². The van der Waals surface area contributed by atoms with Gasteiger partial charge in [-0.25, -0.2) is 9.97 Å². The van der Waals surface area contributed by atoms with E-state index in [9.17, 15) is 0 Å². The molecule has 7 heteroatoms. The summed E-state index contributed by atoms with van der Waals surface area (Å²) in [6.45, 7) is 6.86. The summed E-state index contributed by atoms with van der Waals surface area (Å²) in [6.07, 6.45) is 3.37. The van der Waals surface area contributed by atoms with Gasteiger partial charge in [-0.05, 0) is 12.1 Å². The fraction of sp³-hybridized carbons (Fsp3) is 0.333. The zero-order chi connectivity index (χ0) is 15.7. The van der Waals surface area contributed by atoms with E-state index in [0.29, 0.717) is 11.6 Å². The highest BCUT2D eigenvalue weighted by Crippen LogP contribution is 2.21. The quantitative estimate of drug-likeness (QED) is 0.804. The Morgan fingerprint density at radius 3 is 2.77 bits per heavy atom. The van der Waals surface area contributed by atoms with Crippen molar-refractivity contribution in [3.63, 3.8) is 0 Å². The summed E-state index contributed by atoms with van der Waals surface area (Å²) in [5.74, 6) is 1.53. The van der Waals surface area contributed by atoms with Crippen molar-refractivity contribution in [2.75, 3.05) is 5.32 Å². The number of hydrogen-bond donors (Lipinski definition) is 1. The summed E-state index contributed by atoms with van der Waals surface area (Å²) in [5, 5.41) is 12.2. The van der Waals surface area contributed by atoms with Crippen LogP contribution in [0.3, 0.4) is 0 Å². The average Bonchev–Trinajstić information content (AvgIpc) is 2.87. The molecule has 6 nitrogen and oxygen atoms in total. The number of halogens is 1. The first-order valence-corrected chi connectivity index (χ1v) is 7.37. The van der Waals surface area contributed by atoms with Gasteiger partial charge in [0, 0.05) is 17.7 Å². The van der Waals surface area contributed by atoms with Gasteiger partial charge in [-0.15, -0.1) is 10.2 Å². The number of aromatic nitrogens is 5. The van der Waals surface area contributed by atoms with Crippen molar-refractivity contribution in [1.82, 2.24) is 24.6 Å². The standard InChI is InChI=1S/C15H17ClN6/c1-15(2,3)11-6-12(19-9-18-11)17-7-14-21-20-13-5-4-10(16)8-22(13)14/h4-6,8-9H,7H2,1-3H3,(H,17,18,19). The largest absolute Gasteiger partial charge is 0.363 e. The molecule has 0 atom stereocenters. The number of nitrogens with one attached hydrogen (secondary N) is 1. The molecule has 1 N–H and O–H groups in total. The molecule has 0 aliphatic carbocycles. The third kappa shape index (κ3) is 3.01. The summed E-state index contributed by atoms with van der Waals surface area (Å²) in [4.78, 5) is 8.56. The van der Waals surface area contributed by atoms with E-state index in [4.69, 9.17) is 11.6 Å². The molecule has 3 rings (SSSR count). The maximum absolute atomic E-state index is 6.02. The zero-order valence-corrected chi connectivity index (χ0v) is 13.5. The van der Waals surface area contributed by atoms with E-state index in [1.807, 2.05) is 16.5 Å². The van der Waals surface area contributed by atoms with Crippen LogP contribution in [0.1, 0.15) is 32.3 Å². The molecule has 0 saturated heterocycles. The van der Waals surface area contributed by atoms with Gasteiger partial charge in [0.15, 0.2) is 11.5 Å². The van der Waals surface area contributed by atoms with Crippen LogP contribution in [-0.2, 0) is 12.0 Å². The first-order chi connectivity index (χ1) is 10.4. The second kappa shape index (κ2) is 5.53. The van der Waals surface area contributed by atoms with Crippen molar-refractivity contribution in [2.45, 2.75) is 32.7 Å². The summed E-state index contributed by atoms with van der Waals surface area (Å²) in [5.41, 5.74) is 1.73. The minimum atomic E-state index is -0.0194. The molecule has 0 saturated carbocycles. The van der Waals surface area contributed by atoms with Gasteiger partial charge in [0.05, 0.1) is 17.3 Å². The van der Waals surface area contributed by atoms with Gasteiger partial charge in [0.25, 0.3) is 0 Å². The van der Waals surface area contributed by atoms with Gasteiger partial charge in [0.2, 0.25) is 0 Å². The van der Waals surface area contributed by atoms with Gasteiger partial charge in [-0.1, -0.05) is 32.4 Å². The van der Waals surface area contributed by atoms with Gasteiger partial charge in [-0.2, -0.15) is 0 Å². The number of rotatable bonds is 3. The highest BCUT2D eigenvalue weighted by atomic mass is 35.5. The molecule has 0 fully saturated rings. The lowest BCUT2D eigenvalue weighted by Crippen LogP contribution is -2.15. The van der Waals surface area contributed by atoms with Crippen molar-refractivity contribution >= 4 is 23.1 Å². The molecule has 114 valence electrons. The Balaban J connectivity index is 1.81. The van der Waals surface area contributed by atoms with E-state index in [2.05, 4.69) is 46.3 Å². The Morgan fingerprint density at radius 2 is 2.00 bits per heavy atom. The van der Waals surface area contributed by atoms with Crippen molar-refractivity contribution in [2.24, 2.45) is 0 Å². The normalized spacial score (nSPS) is 11.8. The fourth-order valence-electron chi connectivity index (χ4n) is 2.07. The smallest absolute Gasteiger partial charge is 0.160 e. The van der Waals surface area contributed by atoms with Gasteiger partial charge < -0.3 is 5.32 Å². The molecule has 3 heterocycles. The molecule has 0 spiro atoms. The fourth-order valence-corrected chi connectivity index (χ4v) is 2.23. The van der Waals surface area contributed by atoms with E-state index in [1.165, 1.54) is 0 Å². The maximum Gasteiger partial charge on any atom is 0.160 e. The Morgan fingerprint density at radius 1 is 1.18 bits per heavy atom. The number of fused-ring (bicyclic) bond motifs is 1. The van der Waals surface area contributed by atoms with Crippen LogP contribution in [0.5, 0.6) is 0 Å². The molecule has 0 bridgehead atoms. The van der Waals surface area contributed by atoms with E-state index >= 15 is 0 Å². The van der Waals surface area contributed by atoms with E-state index in [1.54, 1.807) is 18.6 Å². The molecular formula is C15H17ClN6. The first kappa shape index (κ1) is 14.7. The van der Waals surface area contributed by atoms with E-state index < -0.39 is 0 Å². The monoisotopic (exact) mass is 316 g/mol. The first-order valence-electron chi connectivity index (χ1n) is 6.99. The SMILES string of the molecule is CC(C)(C)c1cc(NCc2nnc3ccc(Cl)cn23)ncn1. The van der Waals surface area contributed by atoms with Crippen LogP contribution in [0.2, 0.25) is 5.02 Å². The molecule has 0 unspecified atom stereocenters. The Kier molecular flexibility index (Phi) is 3.70. The maximum atomic E-state index is 6.02. The molecule has 0 amide bonds. The Hall–Kier alpha value is -2.21. The second-order valence-electron chi connectivity index (χ2n) is 6.08. The Bertz CT molecular complexity index is 805. The van der Waals surface area contributed by atoms with Crippen LogP contribution in [0.25, 0.3) is 5.65 Å².